The number of furan rings is 1. The third-order valence-corrected chi connectivity index (χ3v) is 3.35. The summed E-state index contributed by atoms with van der Waals surface area (Å²) < 4.78 is 4.95. The molecule has 0 saturated carbocycles. The standard InChI is InChI=1S/C16H16N4O3/c1-10(15-19-11-5-2-3-6-12(11)20-15)18-14(21)9-17-16(22)13-7-4-8-23-13/h2-8,10H,9H2,1H3,(H,17,22)(H,18,21)(H,19,20)/t10-/m0/s1. The zero-order chi connectivity index (χ0) is 16.2. The fourth-order valence-electron chi connectivity index (χ4n) is 2.19. The van der Waals surface area contributed by atoms with Gasteiger partial charge in [-0.05, 0) is 31.2 Å². The van der Waals surface area contributed by atoms with Crippen LogP contribution in [0.3, 0.4) is 0 Å². The van der Waals surface area contributed by atoms with Crippen molar-refractivity contribution in [1.29, 1.82) is 0 Å². The third-order valence-electron chi connectivity index (χ3n) is 3.35. The van der Waals surface area contributed by atoms with Gasteiger partial charge >= 0.3 is 0 Å². The summed E-state index contributed by atoms with van der Waals surface area (Å²) in [7, 11) is 0. The van der Waals surface area contributed by atoms with Gasteiger partial charge in [-0.3, -0.25) is 9.59 Å². The molecule has 0 unspecified atom stereocenters. The Hall–Kier alpha value is -3.09. The minimum Gasteiger partial charge on any atom is -0.459 e. The molecule has 7 heteroatoms. The third kappa shape index (κ3) is 3.39. The summed E-state index contributed by atoms with van der Waals surface area (Å²) >= 11 is 0. The number of benzene rings is 1. The van der Waals surface area contributed by atoms with Gasteiger partial charge in [-0.15, -0.1) is 0 Å². The first-order valence-corrected chi connectivity index (χ1v) is 7.19. The van der Waals surface area contributed by atoms with Gasteiger partial charge < -0.3 is 20.0 Å². The number of carbonyl (C=O) groups is 2. The monoisotopic (exact) mass is 312 g/mol. The van der Waals surface area contributed by atoms with Crippen LogP contribution >= 0.6 is 0 Å². The average molecular weight is 312 g/mol. The van der Waals surface area contributed by atoms with Crippen LogP contribution in [-0.2, 0) is 4.79 Å². The predicted molar refractivity (Wildman–Crippen MR) is 83.7 cm³/mol. The van der Waals surface area contributed by atoms with Gasteiger partial charge in [0.15, 0.2) is 5.76 Å². The maximum atomic E-state index is 11.9. The lowest BCUT2D eigenvalue weighted by atomic mass is 10.3. The van der Waals surface area contributed by atoms with E-state index in [0.717, 1.165) is 11.0 Å². The molecule has 1 atom stereocenters. The summed E-state index contributed by atoms with van der Waals surface area (Å²) in [5.41, 5.74) is 1.75. The van der Waals surface area contributed by atoms with Gasteiger partial charge in [-0.25, -0.2) is 4.98 Å². The maximum absolute atomic E-state index is 11.9. The van der Waals surface area contributed by atoms with Gasteiger partial charge in [0.1, 0.15) is 5.82 Å². The number of hydrogen-bond acceptors (Lipinski definition) is 4. The number of imidazole rings is 1. The minimum absolute atomic E-state index is 0.135. The molecule has 2 heterocycles. The normalized spacial score (nSPS) is 12.0. The molecule has 2 aromatic heterocycles. The van der Waals surface area contributed by atoms with E-state index in [1.807, 2.05) is 31.2 Å². The van der Waals surface area contributed by atoms with E-state index in [9.17, 15) is 9.59 Å². The van der Waals surface area contributed by atoms with Crippen LogP contribution in [0.25, 0.3) is 11.0 Å². The number of nitrogens with one attached hydrogen (secondary N) is 3. The van der Waals surface area contributed by atoms with Crippen LogP contribution in [0.1, 0.15) is 29.3 Å². The molecule has 0 aliphatic carbocycles. The Balaban J connectivity index is 1.55. The molecule has 23 heavy (non-hydrogen) atoms. The second kappa shape index (κ2) is 6.35. The molecule has 3 rings (SSSR count). The highest BCUT2D eigenvalue weighted by molar-refractivity contribution is 5.94. The Kier molecular flexibility index (Phi) is 4.09. The number of amides is 2. The Morgan fingerprint density at radius 1 is 1.26 bits per heavy atom. The second-order valence-corrected chi connectivity index (χ2v) is 5.09. The molecule has 7 nitrogen and oxygen atoms in total. The molecule has 3 aromatic rings. The zero-order valence-electron chi connectivity index (χ0n) is 12.5. The van der Waals surface area contributed by atoms with Crippen molar-refractivity contribution in [3.63, 3.8) is 0 Å². The number of nitrogens with zero attached hydrogens (tertiary/aromatic N) is 1. The summed E-state index contributed by atoms with van der Waals surface area (Å²) in [6, 6.07) is 10.5. The van der Waals surface area contributed by atoms with Crippen molar-refractivity contribution in [2.75, 3.05) is 6.54 Å². The van der Waals surface area contributed by atoms with Crippen LogP contribution in [0.4, 0.5) is 0 Å². The smallest absolute Gasteiger partial charge is 0.287 e. The van der Waals surface area contributed by atoms with Crippen LogP contribution < -0.4 is 10.6 Å². The molecule has 0 bridgehead atoms. The van der Waals surface area contributed by atoms with Gasteiger partial charge in [0.2, 0.25) is 5.91 Å². The first kappa shape index (κ1) is 14.8. The Labute approximate surface area is 132 Å². The first-order chi connectivity index (χ1) is 11.1. The average Bonchev–Trinajstić information content (AvgIpc) is 3.21. The largest absolute Gasteiger partial charge is 0.459 e. The van der Waals surface area contributed by atoms with Gasteiger partial charge in [0, 0.05) is 0 Å². The van der Waals surface area contributed by atoms with Crippen molar-refractivity contribution in [3.8, 4) is 0 Å². The van der Waals surface area contributed by atoms with E-state index >= 15 is 0 Å². The van der Waals surface area contributed by atoms with Crippen LogP contribution in [0.15, 0.2) is 47.1 Å². The van der Waals surface area contributed by atoms with Crippen molar-refractivity contribution in [1.82, 2.24) is 20.6 Å². The quantitative estimate of drug-likeness (QED) is 0.668. The molecular weight excluding hydrogens is 296 g/mol. The fraction of sp³-hybridized carbons (Fsp3) is 0.188. The molecule has 1 aromatic carbocycles. The minimum atomic E-state index is -0.429. The second-order valence-electron chi connectivity index (χ2n) is 5.09. The topological polar surface area (TPSA) is 100 Å². The van der Waals surface area contributed by atoms with Crippen LogP contribution in [-0.4, -0.2) is 28.3 Å². The maximum Gasteiger partial charge on any atom is 0.287 e. The van der Waals surface area contributed by atoms with Crippen molar-refractivity contribution in [2.24, 2.45) is 0 Å². The van der Waals surface area contributed by atoms with Gasteiger partial charge in [-0.1, -0.05) is 12.1 Å². The predicted octanol–water partition coefficient (Wildman–Crippen LogP) is 1.76. The Morgan fingerprint density at radius 3 is 2.83 bits per heavy atom. The fourth-order valence-corrected chi connectivity index (χ4v) is 2.19. The summed E-state index contributed by atoms with van der Waals surface area (Å²) in [6.07, 6.45) is 1.40. The highest BCUT2D eigenvalue weighted by atomic mass is 16.3. The lowest BCUT2D eigenvalue weighted by molar-refractivity contribution is -0.120. The summed E-state index contributed by atoms with van der Waals surface area (Å²) in [5.74, 6) is 0.0967. The summed E-state index contributed by atoms with van der Waals surface area (Å²) in [5, 5.41) is 5.27. The van der Waals surface area contributed by atoms with Crippen molar-refractivity contribution < 1.29 is 14.0 Å². The van der Waals surface area contributed by atoms with Gasteiger partial charge in [0.25, 0.3) is 5.91 Å². The molecule has 0 aliphatic heterocycles. The van der Waals surface area contributed by atoms with Gasteiger partial charge in [0.05, 0.1) is 29.9 Å². The number of hydrogen-bond donors (Lipinski definition) is 3. The molecular formula is C16H16N4O3. The van der Waals surface area contributed by atoms with Crippen LogP contribution in [0, 0.1) is 0 Å². The summed E-state index contributed by atoms with van der Waals surface area (Å²) in [4.78, 5) is 31.2. The van der Waals surface area contributed by atoms with E-state index in [2.05, 4.69) is 20.6 Å². The zero-order valence-corrected chi connectivity index (χ0v) is 12.5. The highest BCUT2D eigenvalue weighted by Gasteiger charge is 2.15. The molecule has 2 amide bonds. The lowest BCUT2D eigenvalue weighted by Crippen LogP contribution is -2.38. The number of para-hydroxylation sites is 2. The van der Waals surface area contributed by atoms with E-state index in [4.69, 9.17) is 4.42 Å². The molecule has 3 N–H and O–H groups in total. The number of fused-ring (bicyclic) bond motifs is 1. The molecule has 0 radical (unpaired) electrons. The Bertz CT molecular complexity index is 790. The summed E-state index contributed by atoms with van der Waals surface area (Å²) in [6.45, 7) is 1.69. The van der Waals surface area contributed by atoms with E-state index in [0.29, 0.717) is 5.82 Å². The Morgan fingerprint density at radius 2 is 2.09 bits per heavy atom. The number of carbonyl (C=O) groups excluding carboxylic acids is 2. The van der Waals surface area contributed by atoms with Crippen molar-refractivity contribution in [2.45, 2.75) is 13.0 Å². The number of aromatic amines is 1. The number of aromatic nitrogens is 2. The van der Waals surface area contributed by atoms with Crippen molar-refractivity contribution >= 4 is 22.8 Å². The van der Waals surface area contributed by atoms with Crippen LogP contribution in [0.5, 0.6) is 0 Å². The first-order valence-electron chi connectivity index (χ1n) is 7.19. The SMILES string of the molecule is C[C@H](NC(=O)CNC(=O)c1ccco1)c1nc2ccccc2[nH]1. The molecule has 0 aliphatic rings. The van der Waals surface area contributed by atoms with Crippen LogP contribution in [0.2, 0.25) is 0 Å². The van der Waals surface area contributed by atoms with Crippen molar-refractivity contribution in [3.05, 3.63) is 54.2 Å². The van der Waals surface area contributed by atoms with E-state index in [-0.39, 0.29) is 24.3 Å². The lowest BCUT2D eigenvalue weighted by Gasteiger charge is -2.11. The molecule has 118 valence electrons. The number of rotatable bonds is 5. The van der Waals surface area contributed by atoms with E-state index in [1.54, 1.807) is 6.07 Å². The highest BCUT2D eigenvalue weighted by Crippen LogP contribution is 2.15. The van der Waals surface area contributed by atoms with Gasteiger partial charge in [-0.2, -0.15) is 0 Å². The van der Waals surface area contributed by atoms with E-state index in [1.165, 1.54) is 12.3 Å². The number of H-pyrrole nitrogens is 1. The molecule has 0 saturated heterocycles. The molecule has 0 spiro atoms. The molecule has 0 fully saturated rings. The van der Waals surface area contributed by atoms with E-state index < -0.39 is 5.91 Å².